The molecule has 1 aliphatic rings. The van der Waals surface area contributed by atoms with Gasteiger partial charge in [0.25, 0.3) is 0 Å². The Hall–Kier alpha value is -1.26. The lowest BCUT2D eigenvalue weighted by Gasteiger charge is -2.33. The number of urea groups is 1. The van der Waals surface area contributed by atoms with E-state index in [1.165, 1.54) is 4.90 Å². The van der Waals surface area contributed by atoms with Gasteiger partial charge in [-0.3, -0.25) is 0 Å². The van der Waals surface area contributed by atoms with Gasteiger partial charge in [-0.2, -0.15) is 0 Å². The van der Waals surface area contributed by atoms with Crippen LogP contribution in [-0.4, -0.2) is 52.1 Å². The average molecular weight is 242 g/mol. The molecular formula is C12H22N2O3. The summed E-state index contributed by atoms with van der Waals surface area (Å²) in [7, 11) is 0. The number of carbonyl (C=O) groups is 2. The molecule has 0 aliphatic carbocycles. The van der Waals surface area contributed by atoms with Crippen molar-refractivity contribution in [2.24, 2.45) is 0 Å². The number of amides is 2. The minimum atomic E-state index is -0.893. The summed E-state index contributed by atoms with van der Waals surface area (Å²) >= 11 is 0. The molecule has 1 unspecified atom stereocenters. The standard InChI is InChI=1S/C12H22N2O3/c1-4-9(3)13(5-2)12(17)14-8-6-7-10(14)11(15)16/h9-10H,4-8H2,1-3H3,(H,15,16)/t9?,10-/m1/s1. The first-order valence-electron chi connectivity index (χ1n) is 6.32. The van der Waals surface area contributed by atoms with Crippen LogP contribution in [0.15, 0.2) is 0 Å². The number of nitrogens with zero attached hydrogens (tertiary/aromatic N) is 2. The van der Waals surface area contributed by atoms with Gasteiger partial charge < -0.3 is 14.9 Å². The normalized spacial score (nSPS) is 21.4. The van der Waals surface area contributed by atoms with Crippen molar-refractivity contribution in [1.29, 1.82) is 0 Å². The number of carboxylic acid groups (broad SMARTS) is 1. The lowest BCUT2D eigenvalue weighted by molar-refractivity contribution is -0.141. The summed E-state index contributed by atoms with van der Waals surface area (Å²) < 4.78 is 0. The van der Waals surface area contributed by atoms with Crippen LogP contribution in [-0.2, 0) is 4.79 Å². The molecule has 0 aromatic rings. The van der Waals surface area contributed by atoms with Gasteiger partial charge in [0.2, 0.25) is 0 Å². The fourth-order valence-electron chi connectivity index (χ4n) is 2.27. The highest BCUT2D eigenvalue weighted by Gasteiger charge is 2.36. The Kier molecular flexibility index (Phi) is 4.78. The summed E-state index contributed by atoms with van der Waals surface area (Å²) in [6, 6.07) is -0.616. The summed E-state index contributed by atoms with van der Waals surface area (Å²) in [5, 5.41) is 9.07. The third-order valence-corrected chi connectivity index (χ3v) is 3.49. The molecule has 1 heterocycles. The predicted octanol–water partition coefficient (Wildman–Crippen LogP) is 1.78. The molecule has 0 aromatic carbocycles. The second kappa shape index (κ2) is 5.89. The monoisotopic (exact) mass is 242 g/mol. The van der Waals surface area contributed by atoms with Gasteiger partial charge in [0, 0.05) is 19.1 Å². The second-order valence-electron chi connectivity index (χ2n) is 4.52. The molecule has 17 heavy (non-hydrogen) atoms. The van der Waals surface area contributed by atoms with Gasteiger partial charge in [-0.25, -0.2) is 9.59 Å². The van der Waals surface area contributed by atoms with Crippen LogP contribution in [0.2, 0.25) is 0 Å². The molecule has 2 atom stereocenters. The van der Waals surface area contributed by atoms with Crippen LogP contribution in [0.25, 0.3) is 0 Å². The van der Waals surface area contributed by atoms with E-state index in [0.29, 0.717) is 19.5 Å². The minimum absolute atomic E-state index is 0.133. The zero-order valence-electron chi connectivity index (χ0n) is 10.8. The maximum absolute atomic E-state index is 12.3. The molecule has 0 radical (unpaired) electrons. The summed E-state index contributed by atoms with van der Waals surface area (Å²) in [6.07, 6.45) is 2.23. The zero-order valence-corrected chi connectivity index (χ0v) is 10.8. The van der Waals surface area contributed by atoms with Gasteiger partial charge in [0.1, 0.15) is 6.04 Å². The van der Waals surface area contributed by atoms with Crippen molar-refractivity contribution in [2.45, 2.75) is 52.1 Å². The quantitative estimate of drug-likeness (QED) is 0.817. The van der Waals surface area contributed by atoms with Crippen molar-refractivity contribution in [2.75, 3.05) is 13.1 Å². The van der Waals surface area contributed by atoms with Crippen LogP contribution in [0.1, 0.15) is 40.0 Å². The Morgan fingerprint density at radius 1 is 1.47 bits per heavy atom. The van der Waals surface area contributed by atoms with E-state index in [1.54, 1.807) is 4.90 Å². The van der Waals surface area contributed by atoms with Gasteiger partial charge in [-0.1, -0.05) is 6.92 Å². The molecule has 98 valence electrons. The fourth-order valence-corrected chi connectivity index (χ4v) is 2.27. The SMILES string of the molecule is CCC(C)N(CC)C(=O)N1CCC[C@@H]1C(=O)O. The Bertz CT molecular complexity index is 293. The van der Waals surface area contributed by atoms with Crippen molar-refractivity contribution in [3.8, 4) is 0 Å². The lowest BCUT2D eigenvalue weighted by Crippen LogP contribution is -2.50. The highest BCUT2D eigenvalue weighted by molar-refractivity contribution is 5.83. The molecule has 1 fully saturated rings. The predicted molar refractivity (Wildman–Crippen MR) is 64.9 cm³/mol. The zero-order chi connectivity index (χ0) is 13.0. The Morgan fingerprint density at radius 2 is 2.12 bits per heavy atom. The van der Waals surface area contributed by atoms with Crippen molar-refractivity contribution < 1.29 is 14.7 Å². The van der Waals surface area contributed by atoms with Crippen molar-refractivity contribution in [1.82, 2.24) is 9.80 Å². The molecule has 1 rings (SSSR count). The largest absolute Gasteiger partial charge is 0.480 e. The van der Waals surface area contributed by atoms with Crippen LogP contribution in [0, 0.1) is 0 Å². The first-order chi connectivity index (χ1) is 8.02. The van der Waals surface area contributed by atoms with Crippen LogP contribution < -0.4 is 0 Å². The van der Waals surface area contributed by atoms with Crippen molar-refractivity contribution >= 4 is 12.0 Å². The third kappa shape index (κ3) is 2.90. The molecule has 1 N–H and O–H groups in total. The van der Waals surface area contributed by atoms with Crippen LogP contribution in [0.3, 0.4) is 0 Å². The summed E-state index contributed by atoms with van der Waals surface area (Å²) in [4.78, 5) is 26.6. The second-order valence-corrected chi connectivity index (χ2v) is 4.52. The van der Waals surface area contributed by atoms with Gasteiger partial charge in [0.15, 0.2) is 0 Å². The lowest BCUT2D eigenvalue weighted by atomic mass is 10.2. The summed E-state index contributed by atoms with van der Waals surface area (Å²) in [6.45, 7) is 7.13. The minimum Gasteiger partial charge on any atom is -0.480 e. The van der Waals surface area contributed by atoms with E-state index >= 15 is 0 Å². The Morgan fingerprint density at radius 3 is 2.59 bits per heavy atom. The molecule has 1 aliphatic heterocycles. The maximum atomic E-state index is 12.3. The molecule has 2 amide bonds. The van der Waals surface area contributed by atoms with E-state index in [-0.39, 0.29) is 12.1 Å². The molecule has 0 aromatic heterocycles. The maximum Gasteiger partial charge on any atom is 0.326 e. The first-order valence-corrected chi connectivity index (χ1v) is 6.32. The van der Waals surface area contributed by atoms with Gasteiger partial charge in [-0.15, -0.1) is 0 Å². The number of carboxylic acids is 1. The van der Waals surface area contributed by atoms with E-state index in [9.17, 15) is 9.59 Å². The van der Waals surface area contributed by atoms with Crippen molar-refractivity contribution in [3.63, 3.8) is 0 Å². The van der Waals surface area contributed by atoms with Gasteiger partial charge in [0.05, 0.1) is 0 Å². The van der Waals surface area contributed by atoms with Crippen molar-refractivity contribution in [3.05, 3.63) is 0 Å². The molecular weight excluding hydrogens is 220 g/mol. The third-order valence-electron chi connectivity index (χ3n) is 3.49. The van der Waals surface area contributed by atoms with E-state index in [4.69, 9.17) is 5.11 Å². The topological polar surface area (TPSA) is 60.9 Å². The van der Waals surface area contributed by atoms with Crippen LogP contribution in [0.5, 0.6) is 0 Å². The highest BCUT2D eigenvalue weighted by Crippen LogP contribution is 2.20. The molecule has 0 saturated carbocycles. The Labute approximate surface area is 102 Å². The number of likely N-dealkylation sites (tertiary alicyclic amines) is 1. The molecule has 5 heteroatoms. The summed E-state index contributed by atoms with van der Waals surface area (Å²) in [5.74, 6) is -0.893. The van der Waals surface area contributed by atoms with Crippen LogP contribution >= 0.6 is 0 Å². The fraction of sp³-hybridized carbons (Fsp3) is 0.833. The average Bonchev–Trinajstić information content (AvgIpc) is 2.78. The van der Waals surface area contributed by atoms with E-state index < -0.39 is 12.0 Å². The molecule has 5 nitrogen and oxygen atoms in total. The van der Waals surface area contributed by atoms with Gasteiger partial charge in [-0.05, 0) is 33.1 Å². The summed E-state index contributed by atoms with van der Waals surface area (Å²) in [5.41, 5.74) is 0. The van der Waals surface area contributed by atoms with Crippen LogP contribution in [0.4, 0.5) is 4.79 Å². The molecule has 1 saturated heterocycles. The van der Waals surface area contributed by atoms with E-state index in [0.717, 1.165) is 12.8 Å². The number of aliphatic carboxylic acids is 1. The number of carbonyl (C=O) groups excluding carboxylic acids is 1. The first kappa shape index (κ1) is 13.8. The Balaban J connectivity index is 2.76. The number of hydrogen-bond donors (Lipinski definition) is 1. The van der Waals surface area contributed by atoms with E-state index in [1.807, 2.05) is 20.8 Å². The van der Waals surface area contributed by atoms with E-state index in [2.05, 4.69) is 0 Å². The van der Waals surface area contributed by atoms with Gasteiger partial charge >= 0.3 is 12.0 Å². The molecule has 0 spiro atoms. The smallest absolute Gasteiger partial charge is 0.326 e. The molecule has 0 bridgehead atoms. The number of rotatable bonds is 4. The number of hydrogen-bond acceptors (Lipinski definition) is 2. The highest BCUT2D eigenvalue weighted by atomic mass is 16.4.